The number of imidazole rings is 1. The van der Waals surface area contributed by atoms with E-state index in [0.717, 1.165) is 39.6 Å². The maximum Gasteiger partial charge on any atom is 0.306 e. The Balaban J connectivity index is 1.44. The molecule has 0 fully saturated rings. The average molecular weight is 506 g/mol. The number of hydrogen-bond acceptors (Lipinski definition) is 5. The Labute approximate surface area is 215 Å². The van der Waals surface area contributed by atoms with Gasteiger partial charge in [0.25, 0.3) is 0 Å². The highest BCUT2D eigenvalue weighted by Gasteiger charge is 2.19. The molecule has 6 rings (SSSR count). The molecule has 0 unspecified atom stereocenters. The first-order valence-corrected chi connectivity index (χ1v) is 13.6. The van der Waals surface area contributed by atoms with Crippen LogP contribution in [0.25, 0.3) is 28.4 Å². The molecule has 0 radical (unpaired) electrons. The van der Waals surface area contributed by atoms with E-state index in [0.29, 0.717) is 5.84 Å². The second-order valence-corrected chi connectivity index (χ2v) is 10.7. The van der Waals surface area contributed by atoms with E-state index in [9.17, 15) is 8.42 Å². The van der Waals surface area contributed by atoms with E-state index in [1.807, 2.05) is 59.1 Å². The maximum atomic E-state index is 11.9. The predicted octanol–water partition coefficient (Wildman–Crippen LogP) is 7.13. The van der Waals surface area contributed by atoms with Gasteiger partial charge in [0.2, 0.25) is 0 Å². The first kappa shape index (κ1) is 22.8. The highest BCUT2D eigenvalue weighted by Crippen LogP contribution is 2.37. The molecule has 182 valence electrons. The smallest absolute Gasteiger partial charge is 0.306 e. The van der Waals surface area contributed by atoms with Gasteiger partial charge in [-0.05, 0) is 48.5 Å². The largest absolute Gasteiger partial charge is 0.432 e. The van der Waals surface area contributed by atoms with Crippen LogP contribution in [0.1, 0.15) is 0 Å². The first-order valence-electron chi connectivity index (χ1n) is 11.8. The van der Waals surface area contributed by atoms with Crippen molar-refractivity contribution in [3.8, 4) is 22.5 Å². The van der Waals surface area contributed by atoms with Crippen molar-refractivity contribution in [2.24, 2.45) is 0 Å². The van der Waals surface area contributed by atoms with Crippen molar-refractivity contribution in [2.75, 3.05) is 11.2 Å². The summed E-state index contributed by atoms with van der Waals surface area (Å²) in [7, 11) is -3.29. The minimum Gasteiger partial charge on any atom is -0.432 e. The molecule has 0 aliphatic heterocycles. The number of nitrogens with zero attached hydrogens (tertiary/aromatic N) is 3. The van der Waals surface area contributed by atoms with Gasteiger partial charge in [0, 0.05) is 40.6 Å². The molecule has 37 heavy (non-hydrogen) atoms. The number of sulfone groups is 1. The molecule has 0 aliphatic rings. The highest BCUT2D eigenvalue weighted by atomic mass is 32.2. The first-order chi connectivity index (χ1) is 18.0. The van der Waals surface area contributed by atoms with Crippen molar-refractivity contribution in [1.82, 2.24) is 9.38 Å². The lowest BCUT2D eigenvalue weighted by Crippen LogP contribution is -2.09. The van der Waals surface area contributed by atoms with Gasteiger partial charge in [0.1, 0.15) is 12.0 Å². The zero-order valence-corrected chi connectivity index (χ0v) is 20.8. The lowest BCUT2D eigenvalue weighted by molar-refractivity contribution is 0.596. The van der Waals surface area contributed by atoms with Gasteiger partial charge in [-0.3, -0.25) is 4.40 Å². The van der Waals surface area contributed by atoms with Crippen molar-refractivity contribution in [2.45, 2.75) is 4.90 Å². The molecule has 0 amide bonds. The van der Waals surface area contributed by atoms with Gasteiger partial charge in [0.15, 0.2) is 9.84 Å². The van der Waals surface area contributed by atoms with Gasteiger partial charge in [-0.15, -0.1) is 0 Å². The second kappa shape index (κ2) is 9.11. The summed E-state index contributed by atoms with van der Waals surface area (Å²) in [5.41, 5.74) is 6.49. The molecule has 2 aromatic heterocycles. The fourth-order valence-electron chi connectivity index (χ4n) is 4.49. The van der Waals surface area contributed by atoms with Crippen LogP contribution in [-0.4, -0.2) is 24.1 Å². The number of para-hydroxylation sites is 2. The zero-order valence-electron chi connectivity index (χ0n) is 20.0. The summed E-state index contributed by atoms with van der Waals surface area (Å²) in [4.78, 5) is 7.22. The van der Waals surface area contributed by atoms with Crippen molar-refractivity contribution < 1.29 is 12.8 Å². The second-order valence-electron chi connectivity index (χ2n) is 8.71. The number of anilines is 3. The SMILES string of the molecule is CS(=O)(=O)c1ccc(-c2c(-c3ccc(N(c4ccccc4)c4ccccc4)cc3)nc3occn23)cc1. The van der Waals surface area contributed by atoms with Crippen LogP contribution in [0, 0.1) is 0 Å². The lowest BCUT2D eigenvalue weighted by atomic mass is 10.0. The van der Waals surface area contributed by atoms with Gasteiger partial charge in [0.05, 0.1) is 10.6 Å². The fraction of sp³-hybridized carbons (Fsp3) is 0.0333. The monoisotopic (exact) mass is 505 g/mol. The number of fused-ring (bicyclic) bond motifs is 1. The van der Waals surface area contributed by atoms with E-state index < -0.39 is 9.84 Å². The molecule has 0 atom stereocenters. The molecule has 0 spiro atoms. The van der Waals surface area contributed by atoms with Crippen LogP contribution in [0.4, 0.5) is 17.1 Å². The molecular formula is C30H23N3O3S. The molecule has 4 aromatic carbocycles. The Morgan fingerprint density at radius 2 is 1.24 bits per heavy atom. The third-order valence-corrected chi connectivity index (χ3v) is 7.37. The van der Waals surface area contributed by atoms with Gasteiger partial charge >= 0.3 is 5.84 Å². The normalized spacial score (nSPS) is 11.6. The minimum absolute atomic E-state index is 0.275. The maximum absolute atomic E-state index is 11.9. The summed E-state index contributed by atoms with van der Waals surface area (Å²) in [6, 6.07) is 35.6. The van der Waals surface area contributed by atoms with Crippen LogP contribution in [0.5, 0.6) is 0 Å². The molecule has 0 N–H and O–H groups in total. The van der Waals surface area contributed by atoms with Gasteiger partial charge in [-0.25, -0.2) is 8.42 Å². The lowest BCUT2D eigenvalue weighted by Gasteiger charge is -2.25. The van der Waals surface area contributed by atoms with E-state index in [2.05, 4.69) is 41.3 Å². The standard InChI is InChI=1S/C30H23N3O3S/c1-37(34,35)27-18-14-23(15-19-27)29-28(31-30-32(29)20-21-36-30)22-12-16-26(17-13-22)33(24-8-4-2-5-9-24)25-10-6-3-7-11-25/h2-21H,1H3. The fourth-order valence-corrected chi connectivity index (χ4v) is 5.12. The number of oxazole rings is 1. The topological polar surface area (TPSA) is 67.8 Å². The molecule has 0 saturated carbocycles. The van der Waals surface area contributed by atoms with Crippen LogP contribution in [0.2, 0.25) is 0 Å². The summed E-state index contributed by atoms with van der Waals surface area (Å²) >= 11 is 0. The summed E-state index contributed by atoms with van der Waals surface area (Å²) in [6.45, 7) is 0. The van der Waals surface area contributed by atoms with E-state index in [-0.39, 0.29) is 4.90 Å². The van der Waals surface area contributed by atoms with Gasteiger partial charge in [-0.2, -0.15) is 4.98 Å². The summed E-state index contributed by atoms with van der Waals surface area (Å²) in [5.74, 6) is 0.469. The van der Waals surface area contributed by atoms with Gasteiger partial charge in [-0.1, -0.05) is 60.7 Å². The predicted molar refractivity (Wildman–Crippen MR) is 146 cm³/mol. The van der Waals surface area contributed by atoms with Crippen molar-refractivity contribution in [1.29, 1.82) is 0 Å². The Hall–Kier alpha value is -4.62. The van der Waals surface area contributed by atoms with Crippen LogP contribution in [-0.2, 0) is 9.84 Å². The van der Waals surface area contributed by atoms with E-state index in [4.69, 9.17) is 9.40 Å². The molecule has 0 saturated heterocycles. The molecular weight excluding hydrogens is 482 g/mol. The molecule has 6 aromatic rings. The van der Waals surface area contributed by atoms with Crippen molar-refractivity contribution >= 4 is 32.7 Å². The Kier molecular flexibility index (Phi) is 5.62. The van der Waals surface area contributed by atoms with Crippen molar-refractivity contribution in [3.05, 3.63) is 122 Å². The van der Waals surface area contributed by atoms with Gasteiger partial charge < -0.3 is 9.32 Å². The third kappa shape index (κ3) is 4.30. The van der Waals surface area contributed by atoms with Crippen LogP contribution in [0.15, 0.2) is 131 Å². The number of hydrogen-bond donors (Lipinski definition) is 0. The van der Waals surface area contributed by atoms with Crippen LogP contribution < -0.4 is 4.90 Å². The summed E-state index contributed by atoms with van der Waals surface area (Å²) in [6.07, 6.45) is 4.60. The number of rotatable bonds is 6. The van der Waals surface area contributed by atoms with Crippen LogP contribution in [0.3, 0.4) is 0 Å². The Morgan fingerprint density at radius 3 is 1.81 bits per heavy atom. The molecule has 7 heteroatoms. The zero-order chi connectivity index (χ0) is 25.4. The molecule has 6 nitrogen and oxygen atoms in total. The molecule has 0 bridgehead atoms. The Morgan fingerprint density at radius 1 is 0.703 bits per heavy atom. The Bertz CT molecular complexity index is 1730. The highest BCUT2D eigenvalue weighted by molar-refractivity contribution is 7.90. The van der Waals surface area contributed by atoms with E-state index >= 15 is 0 Å². The van der Waals surface area contributed by atoms with E-state index in [1.54, 1.807) is 30.5 Å². The average Bonchev–Trinajstić information content (AvgIpc) is 3.52. The molecule has 0 aliphatic carbocycles. The third-order valence-electron chi connectivity index (χ3n) is 6.25. The number of aromatic nitrogens is 2. The quantitative estimate of drug-likeness (QED) is 0.241. The summed E-state index contributed by atoms with van der Waals surface area (Å²) < 4.78 is 31.4. The summed E-state index contributed by atoms with van der Waals surface area (Å²) in [5, 5.41) is 0. The molecule has 2 heterocycles. The number of benzene rings is 4. The van der Waals surface area contributed by atoms with Crippen LogP contribution >= 0.6 is 0 Å². The van der Waals surface area contributed by atoms with Crippen molar-refractivity contribution in [3.63, 3.8) is 0 Å². The van der Waals surface area contributed by atoms with E-state index in [1.165, 1.54) is 6.26 Å². The minimum atomic E-state index is -3.29.